The van der Waals surface area contributed by atoms with Crippen molar-refractivity contribution in [2.45, 2.75) is 13.0 Å². The number of benzene rings is 1. The Morgan fingerprint density at radius 3 is 2.69 bits per heavy atom. The lowest BCUT2D eigenvalue weighted by Crippen LogP contribution is -2.31. The van der Waals surface area contributed by atoms with Crippen LogP contribution >= 0.6 is 0 Å². The van der Waals surface area contributed by atoms with Crippen molar-refractivity contribution < 1.29 is 14.3 Å². The largest absolute Gasteiger partial charge is 0.493 e. The highest BCUT2D eigenvalue weighted by atomic mass is 16.5. The van der Waals surface area contributed by atoms with Gasteiger partial charge >= 0.3 is 0 Å². The van der Waals surface area contributed by atoms with Gasteiger partial charge in [0.05, 0.1) is 14.2 Å². The Balaban J connectivity index is 1.82. The first-order valence-corrected chi connectivity index (χ1v) is 8.50. The Morgan fingerprint density at radius 2 is 2.00 bits per heavy atom. The van der Waals surface area contributed by atoms with Gasteiger partial charge in [-0.15, -0.1) is 6.58 Å². The first-order valence-electron chi connectivity index (χ1n) is 8.50. The van der Waals surface area contributed by atoms with Gasteiger partial charge in [-0.25, -0.2) is 0 Å². The standard InChI is InChI=1S/C20H23N3O3/c1-4-7-22-20(24)17-12-16(5-8-21-17)23-9-6-14-10-18(25-2)19(26-3)11-15(14)13-23/h4-5,8,10-12H,1,6-7,9,13H2,2-3H3,(H,22,24). The van der Waals surface area contributed by atoms with Crippen LogP contribution in [-0.2, 0) is 13.0 Å². The molecule has 2 heterocycles. The smallest absolute Gasteiger partial charge is 0.270 e. The number of pyridine rings is 1. The zero-order valence-corrected chi connectivity index (χ0v) is 15.1. The van der Waals surface area contributed by atoms with Gasteiger partial charge in [0, 0.05) is 31.5 Å². The molecule has 1 amide bonds. The summed E-state index contributed by atoms with van der Waals surface area (Å²) in [6.45, 7) is 5.63. The summed E-state index contributed by atoms with van der Waals surface area (Å²) in [7, 11) is 3.29. The minimum absolute atomic E-state index is 0.199. The number of anilines is 1. The van der Waals surface area contributed by atoms with E-state index in [4.69, 9.17) is 9.47 Å². The minimum Gasteiger partial charge on any atom is -0.493 e. The zero-order valence-electron chi connectivity index (χ0n) is 15.1. The molecule has 3 rings (SSSR count). The highest BCUT2D eigenvalue weighted by Gasteiger charge is 2.20. The van der Waals surface area contributed by atoms with E-state index in [9.17, 15) is 4.79 Å². The summed E-state index contributed by atoms with van der Waals surface area (Å²) in [6, 6.07) is 7.83. The van der Waals surface area contributed by atoms with Crippen LogP contribution < -0.4 is 19.7 Å². The SMILES string of the molecule is C=CCNC(=O)c1cc(N2CCc3cc(OC)c(OC)cc3C2)ccn1. The molecule has 0 saturated heterocycles. The molecule has 0 bridgehead atoms. The van der Waals surface area contributed by atoms with E-state index in [2.05, 4.69) is 21.8 Å². The lowest BCUT2D eigenvalue weighted by Gasteiger charge is -2.31. The van der Waals surface area contributed by atoms with Crippen LogP contribution in [0, 0.1) is 0 Å². The van der Waals surface area contributed by atoms with Gasteiger partial charge in [0.25, 0.3) is 5.91 Å². The second-order valence-corrected chi connectivity index (χ2v) is 6.05. The molecule has 0 saturated carbocycles. The molecule has 1 aliphatic rings. The number of aromatic nitrogens is 1. The van der Waals surface area contributed by atoms with E-state index in [1.807, 2.05) is 24.3 Å². The molecule has 136 valence electrons. The molecule has 1 N–H and O–H groups in total. The molecule has 2 aromatic rings. The van der Waals surface area contributed by atoms with E-state index < -0.39 is 0 Å². The van der Waals surface area contributed by atoms with E-state index in [1.54, 1.807) is 26.5 Å². The molecular weight excluding hydrogens is 330 g/mol. The molecule has 1 aliphatic heterocycles. The molecule has 1 aromatic heterocycles. The van der Waals surface area contributed by atoms with Gasteiger partial charge in [-0.3, -0.25) is 9.78 Å². The third kappa shape index (κ3) is 3.64. The van der Waals surface area contributed by atoms with Gasteiger partial charge in [0.15, 0.2) is 11.5 Å². The lowest BCUT2D eigenvalue weighted by atomic mass is 9.98. The first-order chi connectivity index (χ1) is 12.7. The summed E-state index contributed by atoms with van der Waals surface area (Å²) in [6.07, 6.45) is 4.21. The Morgan fingerprint density at radius 1 is 1.27 bits per heavy atom. The summed E-state index contributed by atoms with van der Waals surface area (Å²) in [5.74, 6) is 1.28. The number of amides is 1. The van der Waals surface area contributed by atoms with E-state index >= 15 is 0 Å². The first kappa shape index (κ1) is 17.8. The minimum atomic E-state index is -0.199. The molecule has 0 unspecified atom stereocenters. The van der Waals surface area contributed by atoms with Crippen molar-refractivity contribution in [3.63, 3.8) is 0 Å². The zero-order chi connectivity index (χ0) is 18.5. The molecule has 0 atom stereocenters. The highest BCUT2D eigenvalue weighted by Crippen LogP contribution is 2.34. The second kappa shape index (κ2) is 7.91. The molecule has 0 aliphatic carbocycles. The second-order valence-electron chi connectivity index (χ2n) is 6.05. The third-order valence-electron chi connectivity index (χ3n) is 4.47. The van der Waals surface area contributed by atoms with Crippen LogP contribution in [0.2, 0.25) is 0 Å². The van der Waals surface area contributed by atoms with Crippen molar-refractivity contribution >= 4 is 11.6 Å². The van der Waals surface area contributed by atoms with Gasteiger partial charge in [-0.2, -0.15) is 0 Å². The number of carbonyl (C=O) groups is 1. The van der Waals surface area contributed by atoms with Crippen LogP contribution in [0.4, 0.5) is 5.69 Å². The molecule has 26 heavy (non-hydrogen) atoms. The van der Waals surface area contributed by atoms with Crippen molar-refractivity contribution in [3.8, 4) is 11.5 Å². The molecule has 6 nitrogen and oxygen atoms in total. The van der Waals surface area contributed by atoms with Crippen molar-refractivity contribution in [3.05, 3.63) is 59.9 Å². The van der Waals surface area contributed by atoms with Crippen LogP contribution in [0.15, 0.2) is 43.1 Å². The predicted molar refractivity (Wildman–Crippen MR) is 101 cm³/mol. The summed E-state index contributed by atoms with van der Waals surface area (Å²) in [5.41, 5.74) is 3.84. The number of fused-ring (bicyclic) bond motifs is 1. The van der Waals surface area contributed by atoms with E-state index in [0.29, 0.717) is 12.2 Å². The lowest BCUT2D eigenvalue weighted by molar-refractivity contribution is 0.0953. The third-order valence-corrected chi connectivity index (χ3v) is 4.47. The molecule has 0 radical (unpaired) electrons. The number of rotatable bonds is 6. The van der Waals surface area contributed by atoms with E-state index in [-0.39, 0.29) is 5.91 Å². The Hall–Kier alpha value is -3.02. The predicted octanol–water partition coefficient (Wildman–Crippen LogP) is 2.58. The van der Waals surface area contributed by atoms with Gasteiger partial charge in [-0.1, -0.05) is 6.08 Å². The number of carbonyl (C=O) groups excluding carboxylic acids is 1. The normalized spacial score (nSPS) is 12.9. The molecular formula is C20H23N3O3. The van der Waals surface area contributed by atoms with Gasteiger partial charge in [-0.05, 0) is 41.8 Å². The number of nitrogens with zero attached hydrogens (tertiary/aromatic N) is 2. The Kier molecular flexibility index (Phi) is 5.41. The summed E-state index contributed by atoms with van der Waals surface area (Å²) < 4.78 is 10.8. The number of nitrogens with one attached hydrogen (secondary N) is 1. The summed E-state index contributed by atoms with van der Waals surface area (Å²) in [4.78, 5) is 18.5. The maximum atomic E-state index is 12.1. The van der Waals surface area contributed by atoms with Gasteiger partial charge < -0.3 is 19.7 Å². The molecule has 0 fully saturated rings. The Bertz CT molecular complexity index is 820. The average molecular weight is 353 g/mol. The fourth-order valence-corrected chi connectivity index (χ4v) is 3.10. The van der Waals surface area contributed by atoms with E-state index in [0.717, 1.165) is 36.7 Å². The van der Waals surface area contributed by atoms with Crippen LogP contribution in [0.5, 0.6) is 11.5 Å². The summed E-state index contributed by atoms with van der Waals surface area (Å²) >= 11 is 0. The molecule has 6 heteroatoms. The Labute approximate surface area is 153 Å². The summed E-state index contributed by atoms with van der Waals surface area (Å²) in [5, 5.41) is 2.75. The quantitative estimate of drug-likeness (QED) is 0.809. The van der Waals surface area contributed by atoms with Crippen LogP contribution in [0.1, 0.15) is 21.6 Å². The number of hydrogen-bond acceptors (Lipinski definition) is 5. The van der Waals surface area contributed by atoms with Gasteiger partial charge in [0.1, 0.15) is 5.69 Å². The van der Waals surface area contributed by atoms with Crippen LogP contribution in [0.3, 0.4) is 0 Å². The number of ether oxygens (including phenoxy) is 2. The fraction of sp³-hybridized carbons (Fsp3) is 0.300. The van der Waals surface area contributed by atoms with Crippen molar-refractivity contribution in [2.24, 2.45) is 0 Å². The maximum absolute atomic E-state index is 12.1. The molecule has 1 aromatic carbocycles. The van der Waals surface area contributed by atoms with Crippen LogP contribution in [-0.4, -0.2) is 38.2 Å². The van der Waals surface area contributed by atoms with E-state index in [1.165, 1.54) is 11.1 Å². The average Bonchev–Trinajstić information content (AvgIpc) is 2.70. The number of hydrogen-bond donors (Lipinski definition) is 1. The number of methoxy groups -OCH3 is 2. The van der Waals surface area contributed by atoms with Gasteiger partial charge in [0.2, 0.25) is 0 Å². The van der Waals surface area contributed by atoms with Crippen LogP contribution in [0.25, 0.3) is 0 Å². The monoisotopic (exact) mass is 353 g/mol. The van der Waals surface area contributed by atoms with Crippen molar-refractivity contribution in [1.82, 2.24) is 10.3 Å². The fourth-order valence-electron chi connectivity index (χ4n) is 3.10. The van der Waals surface area contributed by atoms with Crippen molar-refractivity contribution in [2.75, 3.05) is 32.2 Å². The molecule has 0 spiro atoms. The highest BCUT2D eigenvalue weighted by molar-refractivity contribution is 5.93. The topological polar surface area (TPSA) is 63.7 Å². The van der Waals surface area contributed by atoms with Crippen molar-refractivity contribution in [1.29, 1.82) is 0 Å². The maximum Gasteiger partial charge on any atom is 0.270 e.